The first kappa shape index (κ1) is 32.1. The molecule has 3 aromatic carbocycles. The maximum Gasteiger partial charge on any atom is 0.312 e. The Kier molecular flexibility index (Phi) is 11.8. The zero-order valence-electron chi connectivity index (χ0n) is 25.6. The second-order valence-electron chi connectivity index (χ2n) is 12.1. The molecule has 1 N–H and O–H groups in total. The summed E-state index contributed by atoms with van der Waals surface area (Å²) in [4.78, 5) is 12.1. The van der Waals surface area contributed by atoms with Crippen LogP contribution in [0.5, 0.6) is 5.75 Å². The van der Waals surface area contributed by atoms with Gasteiger partial charge in [-0.1, -0.05) is 101 Å². The standard InChI is InChI=1S/C15H22O2.C11H14.C10H14O/c1-6-14(2,3)13(16)17-15(4,5)12-10-8-7-9-11-12;1-8-7-10-5-3-4-6-11(10)9(8)2;1-3-8(2)9-4-6-10(11)7-5-9/h7-11H,6H2,1-5H3;3-6,8-9H,7H2,1-2H3;4-8,11H,3H2,1-2H3. The zero-order chi connectivity index (χ0) is 29.2. The number of phenolic OH excluding ortho intramolecular Hbond substituents is 1. The van der Waals surface area contributed by atoms with Crippen LogP contribution in [0.4, 0.5) is 0 Å². The zero-order valence-corrected chi connectivity index (χ0v) is 25.6. The van der Waals surface area contributed by atoms with E-state index < -0.39 is 11.0 Å². The predicted octanol–water partition coefficient (Wildman–Crippen LogP) is 9.79. The Morgan fingerprint density at radius 2 is 1.46 bits per heavy atom. The Morgan fingerprint density at radius 1 is 0.897 bits per heavy atom. The Bertz CT molecular complexity index is 1150. The lowest BCUT2D eigenvalue weighted by Gasteiger charge is -2.30. The van der Waals surface area contributed by atoms with Crippen LogP contribution in [0.15, 0.2) is 78.9 Å². The molecular formula is C36H50O3. The number of carbonyl (C=O) groups is 1. The minimum atomic E-state index is -0.579. The van der Waals surface area contributed by atoms with Crippen molar-refractivity contribution in [3.8, 4) is 5.75 Å². The van der Waals surface area contributed by atoms with Gasteiger partial charge in [-0.3, -0.25) is 4.79 Å². The van der Waals surface area contributed by atoms with Crippen LogP contribution in [0, 0.1) is 11.3 Å². The Labute approximate surface area is 237 Å². The molecule has 3 unspecified atom stereocenters. The minimum absolute atomic E-state index is 0.145. The molecular weight excluding hydrogens is 480 g/mol. The monoisotopic (exact) mass is 530 g/mol. The van der Waals surface area contributed by atoms with Gasteiger partial charge in [-0.2, -0.15) is 0 Å². The van der Waals surface area contributed by atoms with Crippen LogP contribution in [0.2, 0.25) is 0 Å². The average molecular weight is 531 g/mol. The van der Waals surface area contributed by atoms with Crippen molar-refractivity contribution in [2.45, 2.75) is 99.0 Å². The Hall–Kier alpha value is -3.07. The number of rotatable bonds is 6. The summed E-state index contributed by atoms with van der Waals surface area (Å²) >= 11 is 0. The van der Waals surface area contributed by atoms with E-state index in [-0.39, 0.29) is 5.97 Å². The fourth-order valence-electron chi connectivity index (χ4n) is 4.45. The van der Waals surface area contributed by atoms with Crippen LogP contribution < -0.4 is 0 Å². The maximum atomic E-state index is 12.1. The van der Waals surface area contributed by atoms with Gasteiger partial charge in [0.2, 0.25) is 0 Å². The van der Waals surface area contributed by atoms with Crippen molar-refractivity contribution in [3.63, 3.8) is 0 Å². The number of phenols is 1. The van der Waals surface area contributed by atoms with Gasteiger partial charge in [0, 0.05) is 0 Å². The Morgan fingerprint density at radius 3 is 2.00 bits per heavy atom. The summed E-state index contributed by atoms with van der Waals surface area (Å²) in [5.74, 6) is 2.40. The topological polar surface area (TPSA) is 46.5 Å². The summed E-state index contributed by atoms with van der Waals surface area (Å²) in [6.45, 7) is 18.7. The van der Waals surface area contributed by atoms with E-state index in [0.717, 1.165) is 30.2 Å². The molecule has 0 amide bonds. The first-order valence-corrected chi connectivity index (χ1v) is 14.5. The third-order valence-electron chi connectivity index (χ3n) is 8.27. The van der Waals surface area contributed by atoms with Crippen molar-refractivity contribution in [1.82, 2.24) is 0 Å². The molecule has 0 heterocycles. The van der Waals surface area contributed by atoms with Gasteiger partial charge in [-0.25, -0.2) is 0 Å². The summed E-state index contributed by atoms with van der Waals surface area (Å²) in [7, 11) is 0. The number of hydrogen-bond acceptors (Lipinski definition) is 3. The second-order valence-corrected chi connectivity index (χ2v) is 12.1. The molecule has 0 bridgehead atoms. The fourth-order valence-corrected chi connectivity index (χ4v) is 4.45. The molecule has 0 saturated heterocycles. The van der Waals surface area contributed by atoms with Crippen molar-refractivity contribution < 1.29 is 14.6 Å². The summed E-state index contributed by atoms with van der Waals surface area (Å²) in [5, 5.41) is 9.01. The van der Waals surface area contributed by atoms with Crippen molar-refractivity contribution in [2.75, 3.05) is 0 Å². The van der Waals surface area contributed by atoms with E-state index in [2.05, 4.69) is 52.0 Å². The first-order valence-electron chi connectivity index (χ1n) is 14.5. The molecule has 1 aliphatic rings. The molecule has 0 aliphatic heterocycles. The van der Waals surface area contributed by atoms with Crippen LogP contribution in [0.3, 0.4) is 0 Å². The highest BCUT2D eigenvalue weighted by atomic mass is 16.6. The number of ether oxygens (including phenoxy) is 1. The highest BCUT2D eigenvalue weighted by Gasteiger charge is 2.33. The number of hydrogen-bond donors (Lipinski definition) is 1. The summed E-state index contributed by atoms with van der Waals surface area (Å²) < 4.78 is 5.64. The lowest BCUT2D eigenvalue weighted by molar-refractivity contribution is -0.168. The summed E-state index contributed by atoms with van der Waals surface area (Å²) in [6, 6.07) is 26.1. The lowest BCUT2D eigenvalue weighted by Crippen LogP contribution is -2.33. The van der Waals surface area contributed by atoms with Gasteiger partial charge in [0.25, 0.3) is 0 Å². The molecule has 3 aromatic rings. The van der Waals surface area contributed by atoms with Crippen LogP contribution in [0.1, 0.15) is 109 Å². The van der Waals surface area contributed by atoms with Gasteiger partial charge in [0.1, 0.15) is 11.4 Å². The molecule has 4 rings (SSSR count). The average Bonchev–Trinajstić information content (AvgIpc) is 3.22. The van der Waals surface area contributed by atoms with Crippen molar-refractivity contribution in [3.05, 3.63) is 101 Å². The SMILES string of the molecule is CC1Cc2ccccc2C1C.CCC(C)(C)C(=O)OC(C)(C)c1ccccc1.CCC(C)c1ccc(O)cc1. The van der Waals surface area contributed by atoms with Gasteiger partial charge in [0.05, 0.1) is 5.41 Å². The normalized spacial score (nSPS) is 17.1. The van der Waals surface area contributed by atoms with Gasteiger partial charge in [-0.15, -0.1) is 0 Å². The molecule has 1 aliphatic carbocycles. The molecule has 3 atom stereocenters. The van der Waals surface area contributed by atoms with E-state index in [1.165, 1.54) is 12.0 Å². The first-order chi connectivity index (χ1) is 18.3. The summed E-state index contributed by atoms with van der Waals surface area (Å²) in [5.41, 5.74) is 4.44. The van der Waals surface area contributed by atoms with Crippen LogP contribution in [-0.4, -0.2) is 11.1 Å². The smallest absolute Gasteiger partial charge is 0.312 e. The molecule has 0 aromatic heterocycles. The van der Waals surface area contributed by atoms with Gasteiger partial charge >= 0.3 is 5.97 Å². The number of fused-ring (bicyclic) bond motifs is 1. The van der Waals surface area contributed by atoms with Crippen molar-refractivity contribution in [2.24, 2.45) is 11.3 Å². The highest BCUT2D eigenvalue weighted by Crippen LogP contribution is 2.36. The molecule has 39 heavy (non-hydrogen) atoms. The molecule has 0 fully saturated rings. The quantitative estimate of drug-likeness (QED) is 0.323. The van der Waals surface area contributed by atoms with E-state index in [1.807, 2.05) is 77.1 Å². The van der Waals surface area contributed by atoms with Crippen LogP contribution >= 0.6 is 0 Å². The highest BCUT2D eigenvalue weighted by molar-refractivity contribution is 5.76. The van der Waals surface area contributed by atoms with E-state index in [4.69, 9.17) is 9.84 Å². The largest absolute Gasteiger partial charge is 0.508 e. The number of aromatic hydroxyl groups is 1. The number of carbonyl (C=O) groups excluding carboxylic acids is 1. The lowest BCUT2D eigenvalue weighted by atomic mass is 9.89. The fraction of sp³-hybridized carbons (Fsp3) is 0.472. The second kappa shape index (κ2) is 14.4. The minimum Gasteiger partial charge on any atom is -0.508 e. The van der Waals surface area contributed by atoms with Gasteiger partial charge < -0.3 is 9.84 Å². The molecule has 0 radical (unpaired) electrons. The molecule has 3 heteroatoms. The third kappa shape index (κ3) is 9.27. The van der Waals surface area contributed by atoms with E-state index >= 15 is 0 Å². The van der Waals surface area contributed by atoms with Gasteiger partial charge in [0.15, 0.2) is 0 Å². The van der Waals surface area contributed by atoms with Crippen LogP contribution in [0.25, 0.3) is 0 Å². The van der Waals surface area contributed by atoms with Gasteiger partial charge in [-0.05, 0) is 99.1 Å². The van der Waals surface area contributed by atoms with E-state index in [0.29, 0.717) is 11.7 Å². The number of esters is 1. The molecule has 0 saturated carbocycles. The van der Waals surface area contributed by atoms with E-state index in [1.54, 1.807) is 23.3 Å². The summed E-state index contributed by atoms with van der Waals surface area (Å²) in [6.07, 6.45) is 3.19. The van der Waals surface area contributed by atoms with Crippen molar-refractivity contribution in [1.29, 1.82) is 0 Å². The molecule has 3 nitrogen and oxygen atoms in total. The molecule has 212 valence electrons. The van der Waals surface area contributed by atoms with E-state index in [9.17, 15) is 4.79 Å². The number of benzene rings is 3. The van der Waals surface area contributed by atoms with Crippen molar-refractivity contribution >= 4 is 5.97 Å². The predicted molar refractivity (Wildman–Crippen MR) is 164 cm³/mol. The van der Waals surface area contributed by atoms with Crippen LogP contribution in [-0.2, 0) is 21.6 Å². The third-order valence-corrected chi connectivity index (χ3v) is 8.27. The maximum absolute atomic E-state index is 12.1. The molecule has 0 spiro atoms. The Balaban J connectivity index is 0.000000213.